The summed E-state index contributed by atoms with van der Waals surface area (Å²) in [5.41, 5.74) is 5.46. The second-order valence-electron chi connectivity index (χ2n) is 6.79. The molecule has 4 aromatic rings. The first-order chi connectivity index (χ1) is 14.5. The van der Waals surface area contributed by atoms with Gasteiger partial charge in [0.2, 0.25) is 5.91 Å². The highest BCUT2D eigenvalue weighted by atomic mass is 35.5. The highest BCUT2D eigenvalue weighted by Crippen LogP contribution is 2.32. The number of aromatic nitrogens is 1. The number of amides is 1. The number of hydrazone groups is 1. The molecule has 0 saturated heterocycles. The number of carbonyl (C=O) groups excluding carboxylic acids is 1. The second kappa shape index (κ2) is 8.78. The summed E-state index contributed by atoms with van der Waals surface area (Å²) in [6.07, 6.45) is 1.88. The van der Waals surface area contributed by atoms with Crippen molar-refractivity contribution in [1.82, 2.24) is 9.99 Å². The smallest absolute Gasteiger partial charge is 0.241 e. The number of fused-ring (bicyclic) bond motifs is 3. The normalized spacial score (nSPS) is 11.4. The molecule has 1 heterocycles. The van der Waals surface area contributed by atoms with E-state index >= 15 is 0 Å². The number of methoxy groups -OCH3 is 1. The Morgan fingerprint density at radius 1 is 1.00 bits per heavy atom. The zero-order valence-corrected chi connectivity index (χ0v) is 17.7. The first-order valence-electron chi connectivity index (χ1n) is 9.38. The van der Waals surface area contributed by atoms with Crippen LogP contribution in [-0.2, 0) is 11.3 Å². The van der Waals surface area contributed by atoms with E-state index in [1.165, 1.54) is 0 Å². The number of halogens is 2. The van der Waals surface area contributed by atoms with Crippen LogP contribution in [-0.4, -0.2) is 23.8 Å². The van der Waals surface area contributed by atoms with E-state index < -0.39 is 0 Å². The Hall–Kier alpha value is -3.02. The van der Waals surface area contributed by atoms with Crippen molar-refractivity contribution in [3.8, 4) is 5.75 Å². The predicted molar refractivity (Wildman–Crippen MR) is 123 cm³/mol. The number of aryl methyl sites for hydroxylation is 1. The van der Waals surface area contributed by atoms with Gasteiger partial charge in [-0.2, -0.15) is 5.10 Å². The maximum Gasteiger partial charge on any atom is 0.241 e. The van der Waals surface area contributed by atoms with Crippen molar-refractivity contribution >= 4 is 57.1 Å². The molecule has 0 spiro atoms. The van der Waals surface area contributed by atoms with Gasteiger partial charge in [0.15, 0.2) is 0 Å². The number of hydrogen-bond donors (Lipinski definition) is 1. The topological polar surface area (TPSA) is 55.6 Å². The molecule has 0 aliphatic heterocycles. The summed E-state index contributed by atoms with van der Waals surface area (Å²) in [5, 5.41) is 7.38. The van der Waals surface area contributed by atoms with E-state index in [1.54, 1.807) is 13.3 Å². The van der Waals surface area contributed by atoms with Gasteiger partial charge >= 0.3 is 0 Å². The zero-order valence-electron chi connectivity index (χ0n) is 16.2. The Morgan fingerprint density at radius 3 is 2.17 bits per heavy atom. The number of rotatable bonds is 6. The summed E-state index contributed by atoms with van der Waals surface area (Å²) in [4.78, 5) is 12.3. The molecule has 1 N–H and O–H groups in total. The molecule has 152 valence electrons. The zero-order chi connectivity index (χ0) is 21.1. The van der Waals surface area contributed by atoms with Crippen molar-refractivity contribution in [2.24, 2.45) is 5.10 Å². The number of carbonyl (C=O) groups is 1. The van der Waals surface area contributed by atoms with Crippen LogP contribution >= 0.6 is 23.2 Å². The van der Waals surface area contributed by atoms with Crippen LogP contribution in [0.1, 0.15) is 12.0 Å². The number of ether oxygens (including phenoxy) is 1. The minimum atomic E-state index is -0.169. The highest BCUT2D eigenvalue weighted by Gasteiger charge is 2.12. The third kappa shape index (κ3) is 4.27. The van der Waals surface area contributed by atoms with Gasteiger partial charge in [0, 0.05) is 44.8 Å². The second-order valence-corrected chi connectivity index (χ2v) is 7.66. The Balaban J connectivity index is 1.48. The number of benzene rings is 3. The quantitative estimate of drug-likeness (QED) is 0.311. The molecule has 7 heteroatoms. The van der Waals surface area contributed by atoms with Gasteiger partial charge in [0.05, 0.1) is 13.3 Å². The lowest BCUT2D eigenvalue weighted by Gasteiger charge is -2.07. The fraction of sp³-hybridized carbons (Fsp3) is 0.130. The molecule has 0 atom stereocenters. The molecule has 5 nitrogen and oxygen atoms in total. The van der Waals surface area contributed by atoms with Gasteiger partial charge < -0.3 is 9.30 Å². The van der Waals surface area contributed by atoms with Crippen LogP contribution in [0.2, 0.25) is 10.0 Å². The maximum absolute atomic E-state index is 12.3. The van der Waals surface area contributed by atoms with Gasteiger partial charge in [-0.3, -0.25) is 4.79 Å². The Bertz CT molecular complexity index is 1190. The van der Waals surface area contributed by atoms with Crippen molar-refractivity contribution in [2.75, 3.05) is 7.11 Å². The minimum absolute atomic E-state index is 0.169. The SMILES string of the molecule is COc1ccc(/C=N/NC(=O)CCn2c3ccc(Cl)cc3c3cc(Cl)ccc32)cc1. The molecule has 0 unspecified atom stereocenters. The molecule has 3 aromatic carbocycles. The maximum atomic E-state index is 12.3. The van der Waals surface area contributed by atoms with E-state index in [2.05, 4.69) is 15.1 Å². The third-order valence-electron chi connectivity index (χ3n) is 4.87. The number of nitrogens with zero attached hydrogens (tertiary/aromatic N) is 2. The summed E-state index contributed by atoms with van der Waals surface area (Å²) < 4.78 is 7.22. The van der Waals surface area contributed by atoms with Gasteiger partial charge in [0.25, 0.3) is 0 Å². The molecule has 0 fully saturated rings. The van der Waals surface area contributed by atoms with E-state index in [4.69, 9.17) is 27.9 Å². The van der Waals surface area contributed by atoms with Gasteiger partial charge in [-0.05, 0) is 66.2 Å². The molecule has 0 aliphatic rings. The predicted octanol–water partition coefficient (Wildman–Crippen LogP) is 5.65. The standard InChI is InChI=1S/C23H19Cl2N3O2/c1-30-18-6-2-15(3-7-18)14-26-27-23(29)10-11-28-21-8-4-16(24)12-19(21)20-13-17(25)5-9-22(20)28/h2-9,12-14H,10-11H2,1H3,(H,27,29)/b26-14+. The summed E-state index contributed by atoms with van der Waals surface area (Å²) >= 11 is 12.4. The molecule has 1 amide bonds. The summed E-state index contributed by atoms with van der Waals surface area (Å²) in [6, 6.07) is 18.9. The molecule has 1 aromatic heterocycles. The lowest BCUT2D eigenvalue weighted by atomic mass is 10.1. The van der Waals surface area contributed by atoms with Crippen molar-refractivity contribution in [3.63, 3.8) is 0 Å². The van der Waals surface area contributed by atoms with Crippen LogP contribution in [0.15, 0.2) is 65.8 Å². The summed E-state index contributed by atoms with van der Waals surface area (Å²) in [6.45, 7) is 0.507. The van der Waals surface area contributed by atoms with E-state index in [-0.39, 0.29) is 12.3 Å². The molecule has 0 radical (unpaired) electrons. The molecule has 30 heavy (non-hydrogen) atoms. The average molecular weight is 440 g/mol. The molecular weight excluding hydrogens is 421 g/mol. The van der Waals surface area contributed by atoms with Crippen molar-refractivity contribution in [3.05, 3.63) is 76.3 Å². The fourth-order valence-corrected chi connectivity index (χ4v) is 3.77. The monoisotopic (exact) mass is 439 g/mol. The number of hydrogen-bond acceptors (Lipinski definition) is 3. The molecule has 0 saturated carbocycles. The van der Waals surface area contributed by atoms with E-state index in [9.17, 15) is 4.79 Å². The first-order valence-corrected chi connectivity index (χ1v) is 10.1. The van der Waals surface area contributed by atoms with Crippen LogP contribution in [0.3, 0.4) is 0 Å². The molecule has 4 rings (SSSR count). The Kier molecular flexibility index (Phi) is 5.93. The minimum Gasteiger partial charge on any atom is -0.497 e. The lowest BCUT2D eigenvalue weighted by Crippen LogP contribution is -2.19. The van der Waals surface area contributed by atoms with Crippen molar-refractivity contribution in [2.45, 2.75) is 13.0 Å². The van der Waals surface area contributed by atoms with Crippen LogP contribution < -0.4 is 10.2 Å². The van der Waals surface area contributed by atoms with Gasteiger partial charge in [-0.25, -0.2) is 5.43 Å². The van der Waals surface area contributed by atoms with Crippen molar-refractivity contribution < 1.29 is 9.53 Å². The molecular formula is C23H19Cl2N3O2. The Morgan fingerprint density at radius 2 is 1.60 bits per heavy atom. The van der Waals surface area contributed by atoms with E-state index in [0.29, 0.717) is 16.6 Å². The van der Waals surface area contributed by atoms with Crippen LogP contribution in [0.25, 0.3) is 21.8 Å². The van der Waals surface area contributed by atoms with E-state index in [1.807, 2.05) is 60.7 Å². The van der Waals surface area contributed by atoms with Crippen LogP contribution in [0, 0.1) is 0 Å². The molecule has 0 aliphatic carbocycles. The summed E-state index contributed by atoms with van der Waals surface area (Å²) in [5.74, 6) is 0.600. The van der Waals surface area contributed by atoms with Crippen molar-refractivity contribution in [1.29, 1.82) is 0 Å². The van der Waals surface area contributed by atoms with Gasteiger partial charge in [0.1, 0.15) is 5.75 Å². The largest absolute Gasteiger partial charge is 0.497 e. The van der Waals surface area contributed by atoms with Gasteiger partial charge in [-0.1, -0.05) is 23.2 Å². The third-order valence-corrected chi connectivity index (χ3v) is 5.34. The highest BCUT2D eigenvalue weighted by molar-refractivity contribution is 6.33. The first kappa shape index (κ1) is 20.3. The van der Waals surface area contributed by atoms with E-state index in [0.717, 1.165) is 33.1 Å². The summed E-state index contributed by atoms with van der Waals surface area (Å²) in [7, 11) is 1.61. The Labute approximate surface area is 183 Å². The number of nitrogens with one attached hydrogen (secondary N) is 1. The van der Waals surface area contributed by atoms with Crippen LogP contribution in [0.5, 0.6) is 5.75 Å². The average Bonchev–Trinajstić information content (AvgIpc) is 3.05. The van der Waals surface area contributed by atoms with Crippen LogP contribution in [0.4, 0.5) is 0 Å². The van der Waals surface area contributed by atoms with Gasteiger partial charge in [-0.15, -0.1) is 0 Å². The fourth-order valence-electron chi connectivity index (χ4n) is 3.43. The lowest BCUT2D eigenvalue weighted by molar-refractivity contribution is -0.121. The molecule has 0 bridgehead atoms.